The largest absolute Gasteiger partial charge is 0.355 e. The van der Waals surface area contributed by atoms with Crippen LogP contribution in [0.3, 0.4) is 0 Å². The Hall–Kier alpha value is -0.610. The van der Waals surface area contributed by atoms with Gasteiger partial charge in [-0.2, -0.15) is 0 Å². The Kier molecular flexibility index (Phi) is 3.50. The standard InChI is InChI=1S/C10H21N3O/c1-4-13-8(7-11)9(14)12-6-5-10(13,2)3/h8H,4-7,11H2,1-3H3,(H,12,14). The van der Waals surface area contributed by atoms with Gasteiger partial charge in [-0.15, -0.1) is 0 Å². The van der Waals surface area contributed by atoms with Crippen LogP contribution in [0.5, 0.6) is 0 Å². The van der Waals surface area contributed by atoms with E-state index in [1.54, 1.807) is 0 Å². The highest BCUT2D eigenvalue weighted by molar-refractivity contribution is 5.82. The maximum atomic E-state index is 11.7. The van der Waals surface area contributed by atoms with Crippen molar-refractivity contribution in [3.05, 3.63) is 0 Å². The molecule has 0 aliphatic carbocycles. The van der Waals surface area contributed by atoms with E-state index in [0.29, 0.717) is 6.54 Å². The molecule has 1 aliphatic rings. The number of carbonyl (C=O) groups is 1. The van der Waals surface area contributed by atoms with Crippen LogP contribution >= 0.6 is 0 Å². The first-order chi connectivity index (χ1) is 6.53. The molecular formula is C10H21N3O. The molecule has 1 amide bonds. The molecule has 1 rings (SSSR count). The number of amides is 1. The molecule has 0 spiro atoms. The van der Waals surface area contributed by atoms with Gasteiger partial charge in [0.15, 0.2) is 0 Å². The number of nitrogens with one attached hydrogen (secondary N) is 1. The van der Waals surface area contributed by atoms with E-state index < -0.39 is 0 Å². The molecule has 0 aromatic rings. The van der Waals surface area contributed by atoms with Crippen LogP contribution in [0.4, 0.5) is 0 Å². The van der Waals surface area contributed by atoms with E-state index in [4.69, 9.17) is 5.73 Å². The number of hydrogen-bond acceptors (Lipinski definition) is 3. The molecule has 1 unspecified atom stereocenters. The average molecular weight is 199 g/mol. The highest BCUT2D eigenvalue weighted by atomic mass is 16.2. The van der Waals surface area contributed by atoms with Gasteiger partial charge >= 0.3 is 0 Å². The summed E-state index contributed by atoms with van der Waals surface area (Å²) >= 11 is 0. The SMILES string of the molecule is CCN1C(CN)C(=O)NCCC1(C)C. The summed E-state index contributed by atoms with van der Waals surface area (Å²) in [5.74, 6) is 0.0694. The highest BCUT2D eigenvalue weighted by Crippen LogP contribution is 2.22. The van der Waals surface area contributed by atoms with Crippen molar-refractivity contribution in [3.63, 3.8) is 0 Å². The van der Waals surface area contributed by atoms with Crippen molar-refractivity contribution in [2.45, 2.75) is 38.8 Å². The minimum atomic E-state index is -0.169. The van der Waals surface area contributed by atoms with Crippen LogP contribution in [0.25, 0.3) is 0 Å². The number of nitrogens with two attached hydrogens (primary N) is 1. The first-order valence-corrected chi connectivity index (χ1v) is 5.27. The number of carbonyl (C=O) groups excluding carboxylic acids is 1. The molecule has 0 saturated carbocycles. The van der Waals surface area contributed by atoms with Gasteiger partial charge in [-0.25, -0.2) is 0 Å². The van der Waals surface area contributed by atoms with E-state index >= 15 is 0 Å². The molecule has 1 heterocycles. The second kappa shape index (κ2) is 4.28. The molecule has 3 N–H and O–H groups in total. The average Bonchev–Trinajstić information content (AvgIpc) is 2.22. The van der Waals surface area contributed by atoms with Crippen LogP contribution in [0.15, 0.2) is 0 Å². The van der Waals surface area contributed by atoms with Crippen molar-refractivity contribution in [2.75, 3.05) is 19.6 Å². The summed E-state index contributed by atoms with van der Waals surface area (Å²) in [6, 6.07) is -0.169. The summed E-state index contributed by atoms with van der Waals surface area (Å²) in [4.78, 5) is 13.9. The van der Waals surface area contributed by atoms with Gasteiger partial charge in [0.2, 0.25) is 5.91 Å². The Labute approximate surface area is 85.8 Å². The molecule has 1 aliphatic heterocycles. The lowest BCUT2D eigenvalue weighted by atomic mass is 9.97. The molecule has 0 bridgehead atoms. The maximum absolute atomic E-state index is 11.7. The third kappa shape index (κ3) is 2.07. The van der Waals surface area contributed by atoms with E-state index in [1.165, 1.54) is 0 Å². The molecule has 1 fully saturated rings. The van der Waals surface area contributed by atoms with Gasteiger partial charge < -0.3 is 11.1 Å². The van der Waals surface area contributed by atoms with E-state index in [1.807, 2.05) is 0 Å². The van der Waals surface area contributed by atoms with E-state index in [0.717, 1.165) is 19.5 Å². The van der Waals surface area contributed by atoms with Crippen LogP contribution in [-0.2, 0) is 4.79 Å². The number of hydrogen-bond donors (Lipinski definition) is 2. The summed E-state index contributed by atoms with van der Waals surface area (Å²) < 4.78 is 0. The Morgan fingerprint density at radius 3 is 2.79 bits per heavy atom. The second-order valence-corrected chi connectivity index (χ2v) is 4.39. The molecular weight excluding hydrogens is 178 g/mol. The van der Waals surface area contributed by atoms with Gasteiger partial charge in [-0.1, -0.05) is 6.92 Å². The van der Waals surface area contributed by atoms with Crippen molar-refractivity contribution in [1.29, 1.82) is 0 Å². The zero-order valence-electron chi connectivity index (χ0n) is 9.34. The number of rotatable bonds is 2. The normalized spacial score (nSPS) is 28.3. The van der Waals surface area contributed by atoms with Crippen LogP contribution in [-0.4, -0.2) is 42.0 Å². The summed E-state index contributed by atoms with van der Waals surface area (Å²) in [6.07, 6.45) is 0.975. The van der Waals surface area contributed by atoms with E-state index in [9.17, 15) is 4.79 Å². The van der Waals surface area contributed by atoms with Crippen LogP contribution in [0.2, 0.25) is 0 Å². The summed E-state index contributed by atoms with van der Waals surface area (Å²) in [7, 11) is 0. The van der Waals surface area contributed by atoms with Crippen molar-refractivity contribution < 1.29 is 4.79 Å². The van der Waals surface area contributed by atoms with Crippen molar-refractivity contribution in [2.24, 2.45) is 5.73 Å². The van der Waals surface area contributed by atoms with Gasteiger partial charge in [-0.05, 0) is 26.8 Å². The van der Waals surface area contributed by atoms with Gasteiger partial charge in [0.1, 0.15) is 6.04 Å². The van der Waals surface area contributed by atoms with Crippen LogP contribution in [0, 0.1) is 0 Å². The van der Waals surface area contributed by atoms with Crippen LogP contribution < -0.4 is 11.1 Å². The monoisotopic (exact) mass is 199 g/mol. The molecule has 0 radical (unpaired) electrons. The third-order valence-electron chi connectivity index (χ3n) is 3.06. The molecule has 1 atom stereocenters. The zero-order valence-corrected chi connectivity index (χ0v) is 9.34. The third-order valence-corrected chi connectivity index (χ3v) is 3.06. The number of nitrogens with zero attached hydrogens (tertiary/aromatic N) is 1. The summed E-state index contributed by atoms with van der Waals surface area (Å²) in [6.45, 7) is 8.41. The highest BCUT2D eigenvalue weighted by Gasteiger charge is 2.36. The summed E-state index contributed by atoms with van der Waals surface area (Å²) in [5.41, 5.74) is 5.70. The lowest BCUT2D eigenvalue weighted by molar-refractivity contribution is -0.126. The minimum Gasteiger partial charge on any atom is -0.355 e. The molecule has 14 heavy (non-hydrogen) atoms. The lowest BCUT2D eigenvalue weighted by Crippen LogP contribution is -2.55. The van der Waals surface area contributed by atoms with Crippen molar-refractivity contribution in [3.8, 4) is 0 Å². The Bertz CT molecular complexity index is 215. The maximum Gasteiger partial charge on any atom is 0.238 e. The summed E-state index contributed by atoms with van der Waals surface area (Å²) in [5, 5.41) is 2.90. The predicted molar refractivity (Wildman–Crippen MR) is 56.9 cm³/mol. The smallest absolute Gasteiger partial charge is 0.238 e. The fraction of sp³-hybridized carbons (Fsp3) is 0.900. The fourth-order valence-corrected chi connectivity index (χ4v) is 2.20. The first kappa shape index (κ1) is 11.5. The molecule has 1 saturated heterocycles. The van der Waals surface area contributed by atoms with Gasteiger partial charge in [0.25, 0.3) is 0 Å². The van der Waals surface area contributed by atoms with Gasteiger partial charge in [0, 0.05) is 18.6 Å². The van der Waals surface area contributed by atoms with E-state index in [2.05, 4.69) is 31.0 Å². The van der Waals surface area contributed by atoms with Gasteiger partial charge in [0.05, 0.1) is 0 Å². The molecule has 4 heteroatoms. The topological polar surface area (TPSA) is 58.4 Å². The van der Waals surface area contributed by atoms with E-state index in [-0.39, 0.29) is 17.5 Å². The first-order valence-electron chi connectivity index (χ1n) is 5.27. The quantitative estimate of drug-likeness (QED) is 0.655. The zero-order chi connectivity index (χ0) is 10.8. The van der Waals surface area contributed by atoms with Crippen molar-refractivity contribution >= 4 is 5.91 Å². The Balaban J connectivity index is 2.90. The second-order valence-electron chi connectivity index (χ2n) is 4.39. The van der Waals surface area contributed by atoms with Crippen LogP contribution in [0.1, 0.15) is 27.2 Å². The minimum absolute atomic E-state index is 0.0535. The molecule has 0 aromatic heterocycles. The van der Waals surface area contributed by atoms with Gasteiger partial charge in [-0.3, -0.25) is 9.69 Å². The lowest BCUT2D eigenvalue weighted by Gasteiger charge is -2.39. The molecule has 82 valence electrons. The Morgan fingerprint density at radius 1 is 1.64 bits per heavy atom. The molecule has 4 nitrogen and oxygen atoms in total. The molecule has 0 aromatic carbocycles. The Morgan fingerprint density at radius 2 is 2.29 bits per heavy atom. The number of likely N-dealkylation sites (N-methyl/N-ethyl adjacent to an activating group) is 1. The van der Waals surface area contributed by atoms with Crippen molar-refractivity contribution in [1.82, 2.24) is 10.2 Å². The predicted octanol–water partition coefficient (Wildman–Crippen LogP) is -0.0659. The fourth-order valence-electron chi connectivity index (χ4n) is 2.20.